The van der Waals surface area contributed by atoms with Crippen LogP contribution in [-0.2, 0) is 6.54 Å². The molecule has 0 fully saturated rings. The molecule has 0 aliphatic rings. The van der Waals surface area contributed by atoms with Gasteiger partial charge < -0.3 is 20.3 Å². The standard InChI is InChI=1S/C21H23N3O2S/c1-14-6-8-18(9-7-14)22-21(27)24(10-11-25)13-17-12-16-5-3-4-15(2)19(16)23-20(17)26/h3-9,12,25H,10-11,13H2,1-2H3,(H,22,27)(H,23,26). The van der Waals surface area contributed by atoms with Crippen LogP contribution >= 0.6 is 12.2 Å². The highest BCUT2D eigenvalue weighted by molar-refractivity contribution is 7.80. The third kappa shape index (κ3) is 4.53. The Morgan fingerprint density at radius 1 is 1.19 bits per heavy atom. The quantitative estimate of drug-likeness (QED) is 0.592. The number of pyridine rings is 1. The number of aromatic nitrogens is 1. The van der Waals surface area contributed by atoms with E-state index in [4.69, 9.17) is 12.2 Å². The summed E-state index contributed by atoms with van der Waals surface area (Å²) in [5, 5.41) is 14.0. The highest BCUT2D eigenvalue weighted by Crippen LogP contribution is 2.16. The second-order valence-corrected chi connectivity index (χ2v) is 6.99. The van der Waals surface area contributed by atoms with Gasteiger partial charge in [-0.1, -0.05) is 35.9 Å². The summed E-state index contributed by atoms with van der Waals surface area (Å²) in [4.78, 5) is 17.3. The van der Waals surface area contributed by atoms with E-state index in [1.54, 1.807) is 4.90 Å². The fraction of sp³-hybridized carbons (Fsp3) is 0.238. The monoisotopic (exact) mass is 381 g/mol. The number of aliphatic hydroxyl groups is 1. The van der Waals surface area contributed by atoms with Crippen molar-refractivity contribution in [2.24, 2.45) is 0 Å². The zero-order valence-corrected chi connectivity index (χ0v) is 16.3. The number of hydrogen-bond donors (Lipinski definition) is 3. The number of para-hydroxylation sites is 1. The van der Waals surface area contributed by atoms with E-state index in [9.17, 15) is 9.90 Å². The molecule has 1 heterocycles. The van der Waals surface area contributed by atoms with E-state index < -0.39 is 0 Å². The molecule has 0 amide bonds. The van der Waals surface area contributed by atoms with Crippen LogP contribution < -0.4 is 10.9 Å². The first-order valence-corrected chi connectivity index (χ1v) is 9.24. The molecule has 3 rings (SSSR count). The summed E-state index contributed by atoms with van der Waals surface area (Å²) in [6.45, 7) is 4.59. The van der Waals surface area contributed by atoms with Crippen LogP contribution in [0.15, 0.2) is 53.3 Å². The fourth-order valence-electron chi connectivity index (χ4n) is 2.96. The molecule has 27 heavy (non-hydrogen) atoms. The van der Waals surface area contributed by atoms with E-state index in [1.807, 2.05) is 62.4 Å². The lowest BCUT2D eigenvalue weighted by molar-refractivity contribution is 0.248. The molecular weight excluding hydrogens is 358 g/mol. The number of rotatable bonds is 5. The summed E-state index contributed by atoms with van der Waals surface area (Å²) in [5.74, 6) is 0. The topological polar surface area (TPSA) is 68.4 Å². The van der Waals surface area contributed by atoms with Gasteiger partial charge in [-0.2, -0.15) is 0 Å². The van der Waals surface area contributed by atoms with Crippen molar-refractivity contribution in [3.8, 4) is 0 Å². The number of nitrogens with one attached hydrogen (secondary N) is 2. The highest BCUT2D eigenvalue weighted by atomic mass is 32.1. The number of hydrogen-bond acceptors (Lipinski definition) is 3. The van der Waals surface area contributed by atoms with Gasteiger partial charge in [-0.15, -0.1) is 0 Å². The van der Waals surface area contributed by atoms with Crippen LogP contribution in [0.5, 0.6) is 0 Å². The van der Waals surface area contributed by atoms with E-state index >= 15 is 0 Å². The molecule has 0 spiro atoms. The van der Waals surface area contributed by atoms with E-state index in [1.165, 1.54) is 0 Å². The maximum atomic E-state index is 12.5. The molecule has 1 aromatic heterocycles. The first-order chi connectivity index (χ1) is 13.0. The minimum atomic E-state index is -0.141. The van der Waals surface area contributed by atoms with Crippen LogP contribution in [0.1, 0.15) is 16.7 Å². The lowest BCUT2D eigenvalue weighted by Crippen LogP contribution is -2.37. The Balaban J connectivity index is 1.84. The summed E-state index contributed by atoms with van der Waals surface area (Å²) in [7, 11) is 0. The smallest absolute Gasteiger partial charge is 0.253 e. The van der Waals surface area contributed by atoms with E-state index in [0.29, 0.717) is 23.8 Å². The molecule has 0 aliphatic heterocycles. The molecule has 0 radical (unpaired) electrons. The Bertz CT molecular complexity index is 1010. The number of aromatic amines is 1. The van der Waals surface area contributed by atoms with E-state index in [0.717, 1.165) is 27.7 Å². The molecule has 0 unspecified atom stereocenters. The van der Waals surface area contributed by atoms with Gasteiger partial charge in [-0.3, -0.25) is 4.79 Å². The zero-order chi connectivity index (χ0) is 19.4. The van der Waals surface area contributed by atoms with Crippen molar-refractivity contribution in [1.29, 1.82) is 0 Å². The van der Waals surface area contributed by atoms with E-state index in [2.05, 4.69) is 10.3 Å². The van der Waals surface area contributed by atoms with Gasteiger partial charge in [0.1, 0.15) is 0 Å². The second-order valence-electron chi connectivity index (χ2n) is 6.60. The number of nitrogens with zero attached hydrogens (tertiary/aromatic N) is 1. The van der Waals surface area contributed by atoms with E-state index in [-0.39, 0.29) is 12.2 Å². The van der Waals surface area contributed by atoms with Gasteiger partial charge in [0.15, 0.2) is 5.11 Å². The van der Waals surface area contributed by atoms with Crippen molar-refractivity contribution in [1.82, 2.24) is 9.88 Å². The Morgan fingerprint density at radius 2 is 1.93 bits per heavy atom. The summed E-state index contributed by atoms with van der Waals surface area (Å²) >= 11 is 5.51. The predicted octanol–water partition coefficient (Wildman–Crippen LogP) is 3.34. The Morgan fingerprint density at radius 3 is 2.63 bits per heavy atom. The van der Waals surface area contributed by atoms with Crippen LogP contribution in [0.2, 0.25) is 0 Å². The lowest BCUT2D eigenvalue weighted by Gasteiger charge is -2.25. The van der Waals surface area contributed by atoms with Crippen LogP contribution in [-0.4, -0.2) is 33.3 Å². The SMILES string of the molecule is Cc1ccc(NC(=S)N(CCO)Cc2cc3cccc(C)c3[nH]c2=O)cc1. The number of thiocarbonyl (C=S) groups is 1. The minimum Gasteiger partial charge on any atom is -0.395 e. The average molecular weight is 382 g/mol. The van der Waals surface area contributed by atoms with Crippen molar-refractivity contribution in [3.63, 3.8) is 0 Å². The second kappa shape index (κ2) is 8.33. The van der Waals surface area contributed by atoms with Crippen LogP contribution in [0.4, 0.5) is 5.69 Å². The third-order valence-corrected chi connectivity index (χ3v) is 4.85. The first kappa shape index (κ1) is 19.1. The van der Waals surface area contributed by atoms with Crippen LogP contribution in [0, 0.1) is 13.8 Å². The van der Waals surface area contributed by atoms with Crippen molar-refractivity contribution in [3.05, 3.63) is 75.6 Å². The van der Waals surface area contributed by atoms with Gasteiger partial charge in [0.2, 0.25) is 0 Å². The molecule has 2 aromatic carbocycles. The van der Waals surface area contributed by atoms with Gasteiger partial charge >= 0.3 is 0 Å². The maximum absolute atomic E-state index is 12.5. The van der Waals surface area contributed by atoms with Gasteiger partial charge in [0, 0.05) is 17.8 Å². The number of aryl methyl sites for hydroxylation is 2. The van der Waals surface area contributed by atoms with Crippen molar-refractivity contribution >= 4 is 33.9 Å². The molecule has 0 bridgehead atoms. The fourth-order valence-corrected chi connectivity index (χ4v) is 3.24. The Labute approximate surface area is 163 Å². The van der Waals surface area contributed by atoms with Gasteiger partial charge in [0.25, 0.3) is 5.56 Å². The van der Waals surface area contributed by atoms with Gasteiger partial charge in [-0.25, -0.2) is 0 Å². The van der Waals surface area contributed by atoms with Crippen LogP contribution in [0.25, 0.3) is 10.9 Å². The van der Waals surface area contributed by atoms with Crippen LogP contribution in [0.3, 0.4) is 0 Å². The number of fused-ring (bicyclic) bond motifs is 1. The zero-order valence-electron chi connectivity index (χ0n) is 15.5. The summed E-state index contributed by atoms with van der Waals surface area (Å²) in [6.07, 6.45) is 0. The Kier molecular flexibility index (Phi) is 5.88. The molecule has 0 saturated heterocycles. The summed E-state index contributed by atoms with van der Waals surface area (Å²) in [6, 6.07) is 15.7. The molecule has 3 aromatic rings. The molecule has 0 aliphatic carbocycles. The average Bonchev–Trinajstić information content (AvgIpc) is 2.64. The molecule has 3 N–H and O–H groups in total. The summed E-state index contributed by atoms with van der Waals surface area (Å²) < 4.78 is 0. The molecule has 6 heteroatoms. The maximum Gasteiger partial charge on any atom is 0.253 e. The minimum absolute atomic E-state index is 0.0552. The lowest BCUT2D eigenvalue weighted by atomic mass is 10.1. The summed E-state index contributed by atoms with van der Waals surface area (Å²) in [5.41, 5.74) is 4.38. The van der Waals surface area contributed by atoms with Crippen molar-refractivity contribution in [2.75, 3.05) is 18.5 Å². The van der Waals surface area contributed by atoms with Gasteiger partial charge in [0.05, 0.1) is 18.7 Å². The molecule has 140 valence electrons. The molecule has 0 saturated carbocycles. The number of anilines is 1. The normalized spacial score (nSPS) is 10.8. The Hall–Kier alpha value is -2.70. The van der Waals surface area contributed by atoms with Gasteiger partial charge in [-0.05, 0) is 55.2 Å². The van der Waals surface area contributed by atoms with Crippen molar-refractivity contribution in [2.45, 2.75) is 20.4 Å². The predicted molar refractivity (Wildman–Crippen MR) is 114 cm³/mol. The molecular formula is C21H23N3O2S. The van der Waals surface area contributed by atoms with Crippen molar-refractivity contribution < 1.29 is 5.11 Å². The largest absolute Gasteiger partial charge is 0.395 e. The highest BCUT2D eigenvalue weighted by Gasteiger charge is 2.13. The number of H-pyrrole nitrogens is 1. The molecule has 5 nitrogen and oxygen atoms in total. The third-order valence-electron chi connectivity index (χ3n) is 4.49. The molecule has 0 atom stereocenters. The number of benzene rings is 2. The number of aliphatic hydroxyl groups excluding tert-OH is 1. The first-order valence-electron chi connectivity index (χ1n) is 8.83.